The van der Waals surface area contributed by atoms with Crippen LogP contribution in [-0.4, -0.2) is 42.4 Å². The number of halogens is 1. The van der Waals surface area contributed by atoms with E-state index >= 15 is 0 Å². The molecule has 5 nitrogen and oxygen atoms in total. The van der Waals surface area contributed by atoms with Gasteiger partial charge in [0.15, 0.2) is 0 Å². The van der Waals surface area contributed by atoms with E-state index < -0.39 is 5.91 Å². The van der Waals surface area contributed by atoms with E-state index in [1.54, 1.807) is 4.90 Å². The SMILES string of the molecule is CC(C)N(CC(N)=O)C(=O)CC1CCNCC1.Cl. The van der Waals surface area contributed by atoms with Gasteiger partial charge in [-0.2, -0.15) is 0 Å². The second-order valence-electron chi connectivity index (χ2n) is 4.98. The predicted octanol–water partition coefficient (Wildman–Crippen LogP) is 0.520. The Labute approximate surface area is 115 Å². The number of carbonyl (C=O) groups excluding carboxylic acids is 2. The van der Waals surface area contributed by atoms with Crippen LogP contribution in [0.5, 0.6) is 0 Å². The Morgan fingerprint density at radius 3 is 2.33 bits per heavy atom. The van der Waals surface area contributed by atoms with Gasteiger partial charge in [0.05, 0.1) is 6.54 Å². The minimum Gasteiger partial charge on any atom is -0.368 e. The number of amides is 2. The second-order valence-corrected chi connectivity index (χ2v) is 4.98. The first-order chi connectivity index (χ1) is 8.00. The molecular formula is C12H24ClN3O2. The zero-order chi connectivity index (χ0) is 12.8. The highest BCUT2D eigenvalue weighted by atomic mass is 35.5. The van der Waals surface area contributed by atoms with E-state index in [1.807, 2.05) is 13.8 Å². The number of nitrogens with one attached hydrogen (secondary N) is 1. The quantitative estimate of drug-likeness (QED) is 0.769. The van der Waals surface area contributed by atoms with Crippen molar-refractivity contribution in [3.8, 4) is 0 Å². The van der Waals surface area contributed by atoms with Gasteiger partial charge >= 0.3 is 0 Å². The Bertz CT molecular complexity index is 278. The van der Waals surface area contributed by atoms with Crippen molar-refractivity contribution in [1.82, 2.24) is 10.2 Å². The van der Waals surface area contributed by atoms with Gasteiger partial charge in [-0.05, 0) is 45.7 Å². The van der Waals surface area contributed by atoms with Crippen molar-refractivity contribution in [2.45, 2.75) is 39.2 Å². The number of nitrogens with two attached hydrogens (primary N) is 1. The van der Waals surface area contributed by atoms with Crippen molar-refractivity contribution in [1.29, 1.82) is 0 Å². The molecule has 0 aromatic heterocycles. The summed E-state index contributed by atoms with van der Waals surface area (Å²) in [5.74, 6) is 0.0425. The lowest BCUT2D eigenvalue weighted by Gasteiger charge is -2.29. The number of nitrogens with zero attached hydrogens (tertiary/aromatic N) is 1. The summed E-state index contributed by atoms with van der Waals surface area (Å²) in [7, 11) is 0. The Balaban J connectivity index is 0.00000289. The summed E-state index contributed by atoms with van der Waals surface area (Å²) in [6.07, 6.45) is 2.61. The summed E-state index contributed by atoms with van der Waals surface area (Å²) in [4.78, 5) is 24.6. The molecule has 6 heteroatoms. The Kier molecular flexibility index (Phi) is 7.95. The average Bonchev–Trinajstić information content (AvgIpc) is 2.26. The zero-order valence-corrected chi connectivity index (χ0v) is 12.0. The van der Waals surface area contributed by atoms with Gasteiger partial charge in [0.25, 0.3) is 0 Å². The van der Waals surface area contributed by atoms with Crippen molar-refractivity contribution in [2.24, 2.45) is 11.7 Å². The lowest BCUT2D eigenvalue weighted by Crippen LogP contribution is -2.44. The van der Waals surface area contributed by atoms with Crippen LogP contribution in [-0.2, 0) is 9.59 Å². The molecule has 0 aromatic carbocycles. The third-order valence-corrected chi connectivity index (χ3v) is 3.19. The molecule has 18 heavy (non-hydrogen) atoms. The maximum absolute atomic E-state index is 12.1. The van der Waals surface area contributed by atoms with Crippen LogP contribution in [0.4, 0.5) is 0 Å². The van der Waals surface area contributed by atoms with Crippen LogP contribution in [0.2, 0.25) is 0 Å². The molecule has 106 valence electrons. The first-order valence-corrected chi connectivity index (χ1v) is 6.29. The zero-order valence-electron chi connectivity index (χ0n) is 11.1. The van der Waals surface area contributed by atoms with E-state index in [4.69, 9.17) is 5.73 Å². The van der Waals surface area contributed by atoms with Gasteiger partial charge in [0.2, 0.25) is 11.8 Å². The number of hydrogen-bond donors (Lipinski definition) is 2. The molecular weight excluding hydrogens is 254 g/mol. The molecule has 1 saturated heterocycles. The predicted molar refractivity (Wildman–Crippen MR) is 73.5 cm³/mol. The number of hydrogen-bond acceptors (Lipinski definition) is 3. The molecule has 0 atom stereocenters. The minimum atomic E-state index is -0.447. The molecule has 0 saturated carbocycles. The highest BCUT2D eigenvalue weighted by Crippen LogP contribution is 2.17. The molecule has 0 aliphatic carbocycles. The molecule has 0 unspecified atom stereocenters. The highest BCUT2D eigenvalue weighted by molar-refractivity contribution is 5.85. The van der Waals surface area contributed by atoms with E-state index in [1.165, 1.54) is 0 Å². The van der Waals surface area contributed by atoms with E-state index in [9.17, 15) is 9.59 Å². The van der Waals surface area contributed by atoms with Crippen molar-refractivity contribution in [3.05, 3.63) is 0 Å². The van der Waals surface area contributed by atoms with E-state index in [2.05, 4.69) is 5.32 Å². The van der Waals surface area contributed by atoms with Crippen LogP contribution in [0.25, 0.3) is 0 Å². The highest BCUT2D eigenvalue weighted by Gasteiger charge is 2.23. The van der Waals surface area contributed by atoms with Crippen LogP contribution < -0.4 is 11.1 Å². The van der Waals surface area contributed by atoms with Crippen LogP contribution in [0.3, 0.4) is 0 Å². The number of primary amides is 1. The molecule has 0 spiro atoms. The molecule has 1 fully saturated rings. The Morgan fingerprint density at radius 1 is 1.33 bits per heavy atom. The van der Waals surface area contributed by atoms with Crippen LogP contribution in [0.1, 0.15) is 33.1 Å². The fourth-order valence-electron chi connectivity index (χ4n) is 2.18. The summed E-state index contributed by atoms with van der Waals surface area (Å²) in [6.45, 7) is 5.80. The topological polar surface area (TPSA) is 75.4 Å². The monoisotopic (exact) mass is 277 g/mol. The molecule has 0 bridgehead atoms. The lowest BCUT2D eigenvalue weighted by molar-refractivity contribution is -0.137. The van der Waals surface area contributed by atoms with Crippen LogP contribution in [0.15, 0.2) is 0 Å². The third kappa shape index (κ3) is 5.69. The normalized spacial score (nSPS) is 16.2. The minimum absolute atomic E-state index is 0. The van der Waals surface area contributed by atoms with Gasteiger partial charge in [-0.25, -0.2) is 0 Å². The summed E-state index contributed by atoms with van der Waals surface area (Å²) in [6, 6.07) is 0.0247. The van der Waals surface area contributed by atoms with Gasteiger partial charge in [0.1, 0.15) is 0 Å². The molecule has 2 amide bonds. The molecule has 3 N–H and O–H groups in total. The van der Waals surface area contributed by atoms with E-state index in [0.29, 0.717) is 12.3 Å². The first-order valence-electron chi connectivity index (χ1n) is 6.29. The summed E-state index contributed by atoms with van der Waals surface area (Å²) < 4.78 is 0. The van der Waals surface area contributed by atoms with Gasteiger partial charge in [-0.15, -0.1) is 12.4 Å². The van der Waals surface area contributed by atoms with Crippen LogP contribution >= 0.6 is 12.4 Å². The van der Waals surface area contributed by atoms with Gasteiger partial charge in [-0.1, -0.05) is 0 Å². The second kappa shape index (κ2) is 8.32. The maximum Gasteiger partial charge on any atom is 0.237 e. The van der Waals surface area contributed by atoms with Gasteiger partial charge in [0, 0.05) is 12.5 Å². The molecule has 1 aliphatic rings. The summed E-state index contributed by atoms with van der Waals surface area (Å²) in [5, 5.41) is 3.27. The molecule has 0 radical (unpaired) electrons. The van der Waals surface area contributed by atoms with E-state index in [-0.39, 0.29) is 30.9 Å². The molecule has 0 aromatic rings. The van der Waals surface area contributed by atoms with Crippen LogP contribution in [0, 0.1) is 5.92 Å². The van der Waals surface area contributed by atoms with Gasteiger partial charge < -0.3 is 16.0 Å². The third-order valence-electron chi connectivity index (χ3n) is 3.19. The first kappa shape index (κ1) is 17.2. The summed E-state index contributed by atoms with van der Waals surface area (Å²) in [5.41, 5.74) is 5.16. The fourth-order valence-corrected chi connectivity index (χ4v) is 2.18. The molecule has 1 aliphatic heterocycles. The number of piperidine rings is 1. The molecule has 1 heterocycles. The number of carbonyl (C=O) groups is 2. The smallest absolute Gasteiger partial charge is 0.237 e. The van der Waals surface area contributed by atoms with Crippen molar-refractivity contribution >= 4 is 24.2 Å². The van der Waals surface area contributed by atoms with Crippen molar-refractivity contribution in [2.75, 3.05) is 19.6 Å². The fraction of sp³-hybridized carbons (Fsp3) is 0.833. The van der Waals surface area contributed by atoms with Crippen molar-refractivity contribution in [3.63, 3.8) is 0 Å². The largest absolute Gasteiger partial charge is 0.368 e. The van der Waals surface area contributed by atoms with E-state index in [0.717, 1.165) is 25.9 Å². The van der Waals surface area contributed by atoms with Crippen molar-refractivity contribution < 1.29 is 9.59 Å². The average molecular weight is 278 g/mol. The number of rotatable bonds is 5. The maximum atomic E-state index is 12.1. The van der Waals surface area contributed by atoms with Gasteiger partial charge in [-0.3, -0.25) is 9.59 Å². The lowest BCUT2D eigenvalue weighted by atomic mass is 9.94. The molecule has 1 rings (SSSR count). The Morgan fingerprint density at radius 2 is 1.89 bits per heavy atom. The Hall–Kier alpha value is -0.810. The standard InChI is InChI=1S/C12H23N3O2.ClH/c1-9(2)15(8-11(13)16)12(17)7-10-3-5-14-6-4-10;/h9-10,14H,3-8H2,1-2H3,(H2,13,16);1H. The summed E-state index contributed by atoms with van der Waals surface area (Å²) >= 11 is 0.